The Morgan fingerprint density at radius 3 is 2.50 bits per heavy atom. The van der Waals surface area contributed by atoms with Crippen LogP contribution < -0.4 is 0 Å². The highest BCUT2D eigenvalue weighted by Gasteiger charge is 2.19. The first-order chi connectivity index (χ1) is 6.77. The largest absolute Gasteiger partial charge is 0.155 e. The maximum atomic E-state index is 6.00. The minimum atomic E-state index is 0.440. The van der Waals surface area contributed by atoms with Crippen molar-refractivity contribution in [1.29, 1.82) is 0 Å². The number of hydrogen-bond donors (Lipinski definition) is 0. The number of hydrogen-bond acceptors (Lipinski definition) is 2. The van der Waals surface area contributed by atoms with Gasteiger partial charge in [0.1, 0.15) is 0 Å². The molecule has 1 heterocycles. The molecule has 1 aliphatic rings. The first kappa shape index (κ1) is 10.2. The maximum Gasteiger partial charge on any atom is 0.155 e. The molecule has 76 valence electrons. The van der Waals surface area contributed by atoms with Crippen LogP contribution in [0, 0.1) is 0 Å². The van der Waals surface area contributed by atoms with Crippen LogP contribution in [0.25, 0.3) is 0 Å². The zero-order chi connectivity index (χ0) is 9.97. The van der Waals surface area contributed by atoms with Gasteiger partial charge < -0.3 is 0 Å². The standard InChI is InChI=1S/C10H12Cl2N2/c11-9-6-8(10(12)14-13-9)7-4-2-1-3-5-7/h6-7H,1-5H2. The molecule has 2 rings (SSSR count). The van der Waals surface area contributed by atoms with E-state index in [9.17, 15) is 0 Å². The van der Waals surface area contributed by atoms with Crippen LogP contribution in [-0.2, 0) is 0 Å². The van der Waals surface area contributed by atoms with E-state index in [1.54, 1.807) is 0 Å². The predicted molar refractivity (Wildman–Crippen MR) is 57.9 cm³/mol. The summed E-state index contributed by atoms with van der Waals surface area (Å²) in [5, 5.41) is 8.51. The molecule has 0 atom stereocenters. The lowest BCUT2D eigenvalue weighted by atomic mass is 9.85. The van der Waals surface area contributed by atoms with Crippen LogP contribution in [0.3, 0.4) is 0 Å². The van der Waals surface area contributed by atoms with E-state index in [0.29, 0.717) is 16.2 Å². The third-order valence-corrected chi connectivity index (χ3v) is 3.27. The van der Waals surface area contributed by atoms with Gasteiger partial charge in [0, 0.05) is 0 Å². The number of rotatable bonds is 1. The van der Waals surface area contributed by atoms with Gasteiger partial charge in [-0.1, -0.05) is 42.5 Å². The Morgan fingerprint density at radius 1 is 1.07 bits per heavy atom. The second kappa shape index (κ2) is 4.45. The third-order valence-electron chi connectivity index (χ3n) is 2.79. The summed E-state index contributed by atoms with van der Waals surface area (Å²) < 4.78 is 0. The van der Waals surface area contributed by atoms with Crippen LogP contribution in [0.15, 0.2) is 6.07 Å². The summed E-state index contributed by atoms with van der Waals surface area (Å²) in [5.74, 6) is 0.532. The van der Waals surface area contributed by atoms with Gasteiger partial charge in [-0.2, -0.15) is 0 Å². The van der Waals surface area contributed by atoms with Gasteiger partial charge in [0.25, 0.3) is 0 Å². The molecule has 1 aromatic heterocycles. The van der Waals surface area contributed by atoms with Gasteiger partial charge in [0.15, 0.2) is 10.3 Å². The molecule has 1 fully saturated rings. The Bertz CT molecular complexity index is 322. The van der Waals surface area contributed by atoms with Crippen molar-refractivity contribution in [2.24, 2.45) is 0 Å². The molecule has 1 aliphatic carbocycles. The van der Waals surface area contributed by atoms with Crippen molar-refractivity contribution in [1.82, 2.24) is 10.2 Å². The summed E-state index contributed by atoms with van der Waals surface area (Å²) in [5.41, 5.74) is 1.08. The Labute approximate surface area is 93.6 Å². The molecule has 1 saturated carbocycles. The van der Waals surface area contributed by atoms with Crippen LogP contribution in [0.1, 0.15) is 43.6 Å². The van der Waals surface area contributed by atoms with Crippen molar-refractivity contribution in [2.75, 3.05) is 0 Å². The molecule has 4 heteroatoms. The van der Waals surface area contributed by atoms with Gasteiger partial charge in [-0.25, -0.2) is 0 Å². The molecular formula is C10H12Cl2N2. The molecule has 0 bridgehead atoms. The SMILES string of the molecule is Clc1cc(C2CCCCC2)c(Cl)nn1. The Morgan fingerprint density at radius 2 is 1.79 bits per heavy atom. The fraction of sp³-hybridized carbons (Fsp3) is 0.600. The second-order valence-corrected chi connectivity index (χ2v) is 4.49. The molecule has 0 spiro atoms. The lowest BCUT2D eigenvalue weighted by Crippen LogP contribution is -2.06. The molecular weight excluding hydrogens is 219 g/mol. The number of aromatic nitrogens is 2. The molecule has 1 aromatic rings. The minimum Gasteiger partial charge on any atom is -0.137 e. The molecule has 0 unspecified atom stereocenters. The van der Waals surface area contributed by atoms with Crippen molar-refractivity contribution in [3.63, 3.8) is 0 Å². The fourth-order valence-corrected chi connectivity index (χ4v) is 2.47. The average molecular weight is 231 g/mol. The van der Waals surface area contributed by atoms with Gasteiger partial charge in [-0.05, 0) is 30.4 Å². The van der Waals surface area contributed by atoms with Gasteiger partial charge in [-0.3, -0.25) is 0 Å². The molecule has 0 aliphatic heterocycles. The summed E-state index contributed by atoms with van der Waals surface area (Å²) in [6.07, 6.45) is 6.28. The normalized spacial score (nSPS) is 18.4. The smallest absolute Gasteiger partial charge is 0.137 e. The van der Waals surface area contributed by atoms with Gasteiger partial charge >= 0.3 is 0 Å². The van der Waals surface area contributed by atoms with Gasteiger partial charge in [0.05, 0.1) is 0 Å². The maximum absolute atomic E-state index is 6.00. The van der Waals surface area contributed by atoms with Gasteiger partial charge in [0.2, 0.25) is 0 Å². The number of halogens is 2. The first-order valence-electron chi connectivity index (χ1n) is 4.96. The Hall–Kier alpha value is -0.340. The summed E-state index contributed by atoms with van der Waals surface area (Å²) in [7, 11) is 0. The summed E-state index contributed by atoms with van der Waals surface area (Å²) in [6, 6.07) is 1.85. The molecule has 0 radical (unpaired) electrons. The van der Waals surface area contributed by atoms with Crippen molar-refractivity contribution >= 4 is 23.2 Å². The predicted octanol–water partition coefficient (Wildman–Crippen LogP) is 3.83. The monoisotopic (exact) mass is 230 g/mol. The van der Waals surface area contributed by atoms with Crippen molar-refractivity contribution in [2.45, 2.75) is 38.0 Å². The molecule has 0 aromatic carbocycles. The second-order valence-electron chi connectivity index (χ2n) is 3.75. The number of nitrogens with zero attached hydrogens (tertiary/aromatic N) is 2. The zero-order valence-electron chi connectivity index (χ0n) is 7.84. The average Bonchev–Trinajstić information content (AvgIpc) is 2.23. The van der Waals surface area contributed by atoms with Crippen LogP contribution >= 0.6 is 23.2 Å². The highest BCUT2D eigenvalue weighted by atomic mass is 35.5. The van der Waals surface area contributed by atoms with Gasteiger partial charge in [-0.15, -0.1) is 10.2 Å². The molecule has 0 amide bonds. The van der Waals surface area contributed by atoms with E-state index in [1.165, 1.54) is 32.1 Å². The molecule has 14 heavy (non-hydrogen) atoms. The third kappa shape index (κ3) is 2.18. The Balaban J connectivity index is 2.24. The van der Waals surface area contributed by atoms with E-state index in [4.69, 9.17) is 23.2 Å². The van der Waals surface area contributed by atoms with E-state index in [-0.39, 0.29) is 0 Å². The van der Waals surface area contributed by atoms with Crippen LogP contribution in [0.4, 0.5) is 0 Å². The lowest BCUT2D eigenvalue weighted by Gasteiger charge is -2.22. The van der Waals surface area contributed by atoms with E-state index in [0.717, 1.165) is 5.56 Å². The van der Waals surface area contributed by atoms with Crippen LogP contribution in [0.2, 0.25) is 10.3 Å². The Kier molecular flexibility index (Phi) is 3.24. The quantitative estimate of drug-likeness (QED) is 0.733. The molecule has 0 N–H and O–H groups in total. The summed E-state index contributed by atoms with van der Waals surface area (Å²) >= 11 is 11.8. The van der Waals surface area contributed by atoms with E-state index in [2.05, 4.69) is 10.2 Å². The highest BCUT2D eigenvalue weighted by Crippen LogP contribution is 2.35. The van der Waals surface area contributed by atoms with Crippen LogP contribution in [0.5, 0.6) is 0 Å². The van der Waals surface area contributed by atoms with E-state index < -0.39 is 0 Å². The van der Waals surface area contributed by atoms with Crippen molar-refractivity contribution in [3.05, 3.63) is 21.9 Å². The summed E-state index contributed by atoms with van der Waals surface area (Å²) in [4.78, 5) is 0. The van der Waals surface area contributed by atoms with E-state index >= 15 is 0 Å². The summed E-state index contributed by atoms with van der Waals surface area (Å²) in [6.45, 7) is 0. The van der Waals surface area contributed by atoms with Crippen LogP contribution in [-0.4, -0.2) is 10.2 Å². The van der Waals surface area contributed by atoms with Crippen molar-refractivity contribution in [3.8, 4) is 0 Å². The molecule has 0 saturated heterocycles. The lowest BCUT2D eigenvalue weighted by molar-refractivity contribution is 0.442. The topological polar surface area (TPSA) is 25.8 Å². The zero-order valence-corrected chi connectivity index (χ0v) is 9.35. The molecule has 2 nitrogen and oxygen atoms in total. The van der Waals surface area contributed by atoms with E-state index in [1.807, 2.05) is 6.07 Å². The minimum absolute atomic E-state index is 0.440. The first-order valence-corrected chi connectivity index (χ1v) is 5.71. The van der Waals surface area contributed by atoms with Crippen molar-refractivity contribution < 1.29 is 0 Å². The fourth-order valence-electron chi connectivity index (χ4n) is 2.07. The highest BCUT2D eigenvalue weighted by molar-refractivity contribution is 6.31.